The average Bonchev–Trinajstić information content (AvgIpc) is 3.38. The third kappa shape index (κ3) is 59.1. The van der Waals surface area contributed by atoms with Crippen LogP contribution in [0.1, 0.15) is 206 Å². The predicted octanol–water partition coefficient (Wildman–Crippen LogP) is 18.1. The number of ether oxygens (including phenoxy) is 2. The SMILES string of the molecule is CC/C=C\C/C=C\C/C=C\C/C=C\C/C=C\C/C=C\C/C=C\C/C=C\C/C=C\CCCCCC(=O)OC(COC(=O)CCCCCCCC/C=C\C/C=C\C/C=C\CCCCCCC)COP(=O)([O-])OCC[N+](C)(C)C. The molecular formula is C66H108NO8P. The number of carbonyl (C=O) groups excluding carboxylic acids is 2. The highest BCUT2D eigenvalue weighted by molar-refractivity contribution is 7.45. The summed E-state index contributed by atoms with van der Waals surface area (Å²) in [6.45, 7) is 4.03. The first-order valence-corrected chi connectivity index (χ1v) is 31.0. The number of quaternary nitrogens is 1. The fourth-order valence-corrected chi connectivity index (χ4v) is 8.03. The van der Waals surface area contributed by atoms with Gasteiger partial charge in [-0.15, -0.1) is 0 Å². The number of phosphoric ester groups is 1. The van der Waals surface area contributed by atoms with E-state index in [4.69, 9.17) is 18.5 Å². The molecule has 0 N–H and O–H groups in total. The molecule has 9 nitrogen and oxygen atoms in total. The van der Waals surface area contributed by atoms with Crippen molar-refractivity contribution in [3.8, 4) is 0 Å². The highest BCUT2D eigenvalue weighted by atomic mass is 31.2. The van der Waals surface area contributed by atoms with Crippen LogP contribution in [0.25, 0.3) is 0 Å². The largest absolute Gasteiger partial charge is 0.756 e. The second kappa shape index (κ2) is 55.6. The Kier molecular flexibility index (Phi) is 52.6. The lowest BCUT2D eigenvalue weighted by molar-refractivity contribution is -0.870. The van der Waals surface area contributed by atoms with E-state index in [0.29, 0.717) is 23.9 Å². The number of allylic oxidation sites excluding steroid dienone is 24. The summed E-state index contributed by atoms with van der Waals surface area (Å²) in [5, 5.41) is 0. The molecular weight excluding hydrogens is 966 g/mol. The molecule has 0 rings (SSSR count). The minimum Gasteiger partial charge on any atom is -0.756 e. The highest BCUT2D eigenvalue weighted by Gasteiger charge is 2.21. The van der Waals surface area contributed by atoms with E-state index in [1.165, 1.54) is 38.5 Å². The second-order valence-corrected chi connectivity index (χ2v) is 21.7. The van der Waals surface area contributed by atoms with Crippen LogP contribution in [0.3, 0.4) is 0 Å². The monoisotopic (exact) mass is 1070 g/mol. The van der Waals surface area contributed by atoms with E-state index < -0.39 is 32.5 Å². The molecule has 0 aromatic heterocycles. The molecule has 0 aliphatic rings. The molecule has 0 saturated carbocycles. The van der Waals surface area contributed by atoms with Crippen molar-refractivity contribution >= 4 is 19.8 Å². The van der Waals surface area contributed by atoms with Gasteiger partial charge in [0.2, 0.25) is 0 Å². The van der Waals surface area contributed by atoms with Gasteiger partial charge in [0.25, 0.3) is 7.82 Å². The summed E-state index contributed by atoms with van der Waals surface area (Å²) in [4.78, 5) is 37.9. The highest BCUT2D eigenvalue weighted by Crippen LogP contribution is 2.38. The van der Waals surface area contributed by atoms with Crippen LogP contribution in [0.15, 0.2) is 146 Å². The maximum atomic E-state index is 12.8. The van der Waals surface area contributed by atoms with Crippen LogP contribution in [0, 0.1) is 0 Å². The van der Waals surface area contributed by atoms with Crippen molar-refractivity contribution < 1.29 is 42.1 Å². The number of phosphoric acid groups is 1. The van der Waals surface area contributed by atoms with E-state index >= 15 is 0 Å². The number of carbonyl (C=O) groups is 2. The third-order valence-corrected chi connectivity index (χ3v) is 12.8. The molecule has 2 unspecified atom stereocenters. The van der Waals surface area contributed by atoms with Gasteiger partial charge in [-0.05, 0) is 122 Å². The summed E-state index contributed by atoms with van der Waals surface area (Å²) >= 11 is 0. The number of unbranched alkanes of at least 4 members (excludes halogenated alkanes) is 14. The van der Waals surface area contributed by atoms with Crippen molar-refractivity contribution in [1.29, 1.82) is 0 Å². The van der Waals surface area contributed by atoms with E-state index in [1.807, 2.05) is 21.1 Å². The van der Waals surface area contributed by atoms with Gasteiger partial charge in [-0.2, -0.15) is 0 Å². The molecule has 0 aliphatic carbocycles. The van der Waals surface area contributed by atoms with Gasteiger partial charge in [0, 0.05) is 12.8 Å². The minimum atomic E-state index is -4.66. The van der Waals surface area contributed by atoms with Crippen LogP contribution < -0.4 is 4.89 Å². The molecule has 430 valence electrons. The molecule has 2 atom stereocenters. The Morgan fingerprint density at radius 2 is 0.750 bits per heavy atom. The molecule has 0 radical (unpaired) electrons. The first-order chi connectivity index (χ1) is 37.0. The second-order valence-electron chi connectivity index (χ2n) is 20.3. The smallest absolute Gasteiger partial charge is 0.306 e. The average molecular weight is 1070 g/mol. The standard InChI is InChI=1S/C66H108NO8P/c1-6-8-10-12-14-16-18-20-22-24-26-28-29-30-31-32-33-34-35-36-37-39-41-43-45-47-49-51-53-55-57-59-66(69)75-64(63-74-76(70,71)73-61-60-67(3,4)5)62-72-65(68)58-56-54-52-50-48-46-44-42-40-38-27-25-23-21-19-17-15-13-11-9-7-2/h8,10,14,16,19-22,25-28,30-31,33-34,36-37,40-43,47,49,64H,6-7,9,11-13,15,17-18,23-24,29,32,35,38-39,44-46,48,50-63H2,1-5H3/b10-8-,16-14-,21-19-,22-20-,27-25-,28-26-,31-30-,34-33-,37-36-,42-40-,43-41-,49-47-. The molecule has 0 aromatic carbocycles. The molecule has 0 fully saturated rings. The van der Waals surface area contributed by atoms with Gasteiger partial charge in [-0.25, -0.2) is 0 Å². The number of rotatable bonds is 52. The van der Waals surface area contributed by atoms with Crippen molar-refractivity contribution in [2.75, 3.05) is 47.5 Å². The molecule has 0 saturated heterocycles. The Morgan fingerprint density at radius 1 is 0.421 bits per heavy atom. The van der Waals surface area contributed by atoms with E-state index in [-0.39, 0.29) is 26.1 Å². The number of hydrogen-bond donors (Lipinski definition) is 0. The van der Waals surface area contributed by atoms with E-state index in [0.717, 1.165) is 128 Å². The number of likely N-dealkylation sites (N-methyl/N-ethyl adjacent to an activating group) is 1. The zero-order chi connectivity index (χ0) is 55.6. The lowest BCUT2D eigenvalue weighted by Gasteiger charge is -2.28. The molecule has 76 heavy (non-hydrogen) atoms. The molecule has 0 heterocycles. The molecule has 0 spiro atoms. The van der Waals surface area contributed by atoms with Crippen molar-refractivity contribution in [1.82, 2.24) is 0 Å². The van der Waals surface area contributed by atoms with Gasteiger partial charge in [-0.3, -0.25) is 14.2 Å². The number of nitrogens with zero attached hydrogens (tertiary/aromatic N) is 1. The Bertz CT molecular complexity index is 1790. The van der Waals surface area contributed by atoms with Crippen molar-refractivity contribution in [3.05, 3.63) is 146 Å². The number of esters is 2. The van der Waals surface area contributed by atoms with Crippen LogP contribution in [-0.2, 0) is 32.7 Å². The fourth-order valence-electron chi connectivity index (χ4n) is 7.30. The lowest BCUT2D eigenvalue weighted by Crippen LogP contribution is -2.37. The van der Waals surface area contributed by atoms with Crippen LogP contribution in [0.5, 0.6) is 0 Å². The van der Waals surface area contributed by atoms with Gasteiger partial charge in [0.05, 0.1) is 27.7 Å². The zero-order valence-electron chi connectivity index (χ0n) is 48.6. The Hall–Kier alpha value is -4.11. The summed E-state index contributed by atoms with van der Waals surface area (Å²) in [6, 6.07) is 0. The first-order valence-electron chi connectivity index (χ1n) is 29.5. The summed E-state index contributed by atoms with van der Waals surface area (Å²) in [7, 11) is 1.11. The Balaban J connectivity index is 4.32. The predicted molar refractivity (Wildman–Crippen MR) is 323 cm³/mol. The van der Waals surface area contributed by atoms with Gasteiger partial charge in [0.1, 0.15) is 19.8 Å². The summed E-state index contributed by atoms with van der Waals surface area (Å²) in [6.07, 6.45) is 81.8. The van der Waals surface area contributed by atoms with Crippen LogP contribution in [0.4, 0.5) is 0 Å². The maximum Gasteiger partial charge on any atom is 0.306 e. The van der Waals surface area contributed by atoms with Crippen molar-refractivity contribution in [2.45, 2.75) is 213 Å². The van der Waals surface area contributed by atoms with Gasteiger partial charge < -0.3 is 27.9 Å². The third-order valence-electron chi connectivity index (χ3n) is 11.8. The molecule has 0 aromatic rings. The number of hydrogen-bond acceptors (Lipinski definition) is 8. The van der Waals surface area contributed by atoms with Crippen LogP contribution >= 0.6 is 7.82 Å². The summed E-state index contributed by atoms with van der Waals surface area (Å²) < 4.78 is 34.1. The fraction of sp³-hybridized carbons (Fsp3) is 0.606. The van der Waals surface area contributed by atoms with Crippen LogP contribution in [0.2, 0.25) is 0 Å². The first kappa shape index (κ1) is 71.9. The van der Waals surface area contributed by atoms with E-state index in [1.54, 1.807) is 0 Å². The minimum absolute atomic E-state index is 0.0489. The van der Waals surface area contributed by atoms with Gasteiger partial charge in [-0.1, -0.05) is 217 Å². The molecule has 10 heteroatoms. The topological polar surface area (TPSA) is 111 Å². The van der Waals surface area contributed by atoms with Gasteiger partial charge >= 0.3 is 11.9 Å². The Labute approximate surface area is 465 Å². The lowest BCUT2D eigenvalue weighted by atomic mass is 10.1. The van der Waals surface area contributed by atoms with Crippen molar-refractivity contribution in [3.63, 3.8) is 0 Å². The van der Waals surface area contributed by atoms with Crippen molar-refractivity contribution in [2.24, 2.45) is 0 Å². The molecule has 0 bridgehead atoms. The molecule has 0 amide bonds. The van der Waals surface area contributed by atoms with Crippen LogP contribution in [-0.4, -0.2) is 70.0 Å². The van der Waals surface area contributed by atoms with Gasteiger partial charge in [0.15, 0.2) is 6.10 Å². The summed E-state index contributed by atoms with van der Waals surface area (Å²) in [5.41, 5.74) is 0. The summed E-state index contributed by atoms with van der Waals surface area (Å²) in [5.74, 6) is -0.899. The molecule has 0 aliphatic heterocycles. The zero-order valence-corrected chi connectivity index (χ0v) is 49.5. The normalized spacial score (nSPS) is 14.3. The van der Waals surface area contributed by atoms with E-state index in [2.05, 4.69) is 160 Å². The maximum absolute atomic E-state index is 12.8. The quantitative estimate of drug-likeness (QED) is 0.0195. The van der Waals surface area contributed by atoms with E-state index in [9.17, 15) is 19.0 Å². The Morgan fingerprint density at radius 3 is 1.13 bits per heavy atom.